The summed E-state index contributed by atoms with van der Waals surface area (Å²) in [6, 6.07) is 3.77. The minimum absolute atomic E-state index is 0.00274. The maximum atomic E-state index is 13.4. The highest BCUT2D eigenvalue weighted by Crippen LogP contribution is 2.39. The monoisotopic (exact) mass is 372 g/mol. The largest absolute Gasteiger partial charge is 0.475 e. The van der Waals surface area contributed by atoms with Gasteiger partial charge in [0.15, 0.2) is 0 Å². The van der Waals surface area contributed by atoms with Gasteiger partial charge in [0.05, 0.1) is 20.3 Å². The van der Waals surface area contributed by atoms with Crippen molar-refractivity contribution in [2.75, 3.05) is 6.61 Å². The third kappa shape index (κ3) is 4.08. The molecule has 1 atom stereocenters. The Bertz CT molecular complexity index is 703. The van der Waals surface area contributed by atoms with Crippen molar-refractivity contribution in [3.05, 3.63) is 28.8 Å². The zero-order valence-corrected chi connectivity index (χ0v) is 16.1. The Hall–Kier alpha value is -1.76. The lowest BCUT2D eigenvalue weighted by Gasteiger charge is -2.30. The Morgan fingerprint density at radius 1 is 1.24 bits per heavy atom. The minimum Gasteiger partial charge on any atom is -0.475 e. The van der Waals surface area contributed by atoms with E-state index in [-0.39, 0.29) is 12.4 Å². The number of carbonyl (C=O) groups excluding carboxylic acids is 1. The SMILES string of the molecule is CCOC(=O)C1=Cc2cc([Si](C)(C)C)cc(CC)c2OC1C(F)(F)F. The van der Waals surface area contributed by atoms with E-state index in [1.54, 1.807) is 6.92 Å². The summed E-state index contributed by atoms with van der Waals surface area (Å²) < 4.78 is 50.4. The Kier molecular flexibility index (Phi) is 5.37. The summed E-state index contributed by atoms with van der Waals surface area (Å²) in [6.07, 6.45) is -5.17. The van der Waals surface area contributed by atoms with Crippen molar-refractivity contribution in [2.24, 2.45) is 0 Å². The van der Waals surface area contributed by atoms with Gasteiger partial charge in [-0.15, -0.1) is 0 Å². The van der Waals surface area contributed by atoms with Crippen molar-refractivity contribution >= 4 is 25.3 Å². The van der Waals surface area contributed by atoms with E-state index in [4.69, 9.17) is 9.47 Å². The Labute approximate surface area is 146 Å². The lowest BCUT2D eigenvalue weighted by molar-refractivity contribution is -0.188. The molecule has 1 aromatic carbocycles. The fraction of sp³-hybridized carbons (Fsp3) is 0.500. The van der Waals surface area contributed by atoms with Crippen LogP contribution >= 0.6 is 0 Å². The zero-order chi connectivity index (χ0) is 19.0. The van der Waals surface area contributed by atoms with Crippen molar-refractivity contribution in [1.82, 2.24) is 0 Å². The average molecular weight is 372 g/mol. The van der Waals surface area contributed by atoms with Crippen LogP contribution in [0.1, 0.15) is 25.0 Å². The van der Waals surface area contributed by atoms with Crippen LogP contribution in [-0.2, 0) is 16.0 Å². The molecule has 0 radical (unpaired) electrons. The Morgan fingerprint density at radius 3 is 2.36 bits per heavy atom. The smallest absolute Gasteiger partial charge is 0.430 e. The second kappa shape index (κ2) is 6.86. The molecule has 1 unspecified atom stereocenters. The summed E-state index contributed by atoms with van der Waals surface area (Å²) in [4.78, 5) is 12.0. The van der Waals surface area contributed by atoms with Crippen LogP contribution in [0, 0.1) is 0 Å². The third-order valence-corrected chi connectivity index (χ3v) is 6.10. The molecule has 0 saturated carbocycles. The van der Waals surface area contributed by atoms with Crippen LogP contribution in [0.5, 0.6) is 5.75 Å². The third-order valence-electron chi connectivity index (χ3n) is 4.08. The highest BCUT2D eigenvalue weighted by molar-refractivity contribution is 6.88. The van der Waals surface area contributed by atoms with Crippen LogP contribution < -0.4 is 9.92 Å². The number of alkyl halides is 3. The molecule has 0 spiro atoms. The molecule has 2 rings (SSSR count). The molecular weight excluding hydrogens is 349 g/mol. The highest BCUT2D eigenvalue weighted by atomic mass is 28.3. The van der Waals surface area contributed by atoms with E-state index >= 15 is 0 Å². The van der Waals surface area contributed by atoms with Gasteiger partial charge in [0, 0.05) is 5.56 Å². The average Bonchev–Trinajstić information content (AvgIpc) is 2.50. The molecule has 0 bridgehead atoms. The lowest BCUT2D eigenvalue weighted by Crippen LogP contribution is -2.42. The van der Waals surface area contributed by atoms with Crippen molar-refractivity contribution < 1.29 is 27.4 Å². The second-order valence-corrected chi connectivity index (χ2v) is 12.1. The van der Waals surface area contributed by atoms with Crippen LogP contribution in [0.4, 0.5) is 13.2 Å². The van der Waals surface area contributed by atoms with Gasteiger partial charge in [-0.05, 0) is 25.0 Å². The van der Waals surface area contributed by atoms with Gasteiger partial charge in [0.1, 0.15) is 5.75 Å². The Morgan fingerprint density at radius 2 is 1.88 bits per heavy atom. The van der Waals surface area contributed by atoms with E-state index in [9.17, 15) is 18.0 Å². The van der Waals surface area contributed by atoms with Crippen molar-refractivity contribution in [3.8, 4) is 5.75 Å². The maximum Gasteiger partial charge on any atom is 0.430 e. The number of hydrogen-bond donors (Lipinski definition) is 0. The number of aryl methyl sites for hydroxylation is 1. The molecular formula is C18H23F3O3Si. The van der Waals surface area contributed by atoms with Crippen LogP contribution in [0.15, 0.2) is 17.7 Å². The number of benzene rings is 1. The second-order valence-electron chi connectivity index (χ2n) is 7.02. The first-order chi connectivity index (χ1) is 11.5. The number of rotatable bonds is 4. The number of halogens is 3. The summed E-state index contributed by atoms with van der Waals surface area (Å²) in [5.74, 6) is -0.785. The lowest BCUT2D eigenvalue weighted by atomic mass is 9.98. The molecule has 138 valence electrons. The van der Waals surface area contributed by atoms with E-state index in [2.05, 4.69) is 19.6 Å². The van der Waals surface area contributed by atoms with Gasteiger partial charge in [0.2, 0.25) is 6.10 Å². The molecule has 0 aliphatic carbocycles. The fourth-order valence-electron chi connectivity index (χ4n) is 2.71. The maximum absolute atomic E-state index is 13.4. The number of ether oxygens (including phenoxy) is 2. The van der Waals surface area contributed by atoms with Crippen LogP contribution in [0.25, 0.3) is 6.08 Å². The van der Waals surface area contributed by atoms with Gasteiger partial charge in [-0.25, -0.2) is 4.79 Å². The molecule has 7 heteroatoms. The van der Waals surface area contributed by atoms with Gasteiger partial charge in [-0.3, -0.25) is 0 Å². The summed E-state index contributed by atoms with van der Waals surface area (Å²) in [5, 5.41) is 1.11. The minimum atomic E-state index is -4.70. The number of carbonyl (C=O) groups is 1. The predicted molar refractivity (Wildman–Crippen MR) is 93.9 cm³/mol. The van der Waals surface area contributed by atoms with Gasteiger partial charge in [-0.1, -0.05) is 43.9 Å². The molecule has 1 aliphatic rings. The molecule has 25 heavy (non-hydrogen) atoms. The first-order valence-electron chi connectivity index (χ1n) is 8.28. The molecule has 1 aliphatic heterocycles. The molecule has 0 aromatic heterocycles. The first-order valence-corrected chi connectivity index (χ1v) is 11.8. The Balaban J connectivity index is 2.65. The van der Waals surface area contributed by atoms with Crippen LogP contribution in [0.2, 0.25) is 19.6 Å². The predicted octanol–water partition coefficient (Wildman–Crippen LogP) is 4.06. The van der Waals surface area contributed by atoms with Crippen molar-refractivity contribution in [3.63, 3.8) is 0 Å². The molecule has 0 N–H and O–H groups in total. The normalized spacial score (nSPS) is 17.4. The molecule has 3 nitrogen and oxygen atoms in total. The first kappa shape index (κ1) is 19.6. The topological polar surface area (TPSA) is 35.5 Å². The van der Waals surface area contributed by atoms with Gasteiger partial charge >= 0.3 is 12.1 Å². The van der Waals surface area contributed by atoms with Crippen molar-refractivity contribution in [2.45, 2.75) is 52.2 Å². The van der Waals surface area contributed by atoms with Crippen molar-refractivity contribution in [1.29, 1.82) is 0 Å². The highest BCUT2D eigenvalue weighted by Gasteiger charge is 2.49. The summed E-state index contributed by atoms with van der Waals surface area (Å²) in [6.45, 7) is 9.91. The number of esters is 1. The van der Waals surface area contributed by atoms with Crippen LogP contribution in [0.3, 0.4) is 0 Å². The van der Waals surface area contributed by atoms with E-state index in [0.717, 1.165) is 10.8 Å². The molecule has 0 fully saturated rings. The fourth-order valence-corrected chi connectivity index (χ4v) is 3.90. The van der Waals surface area contributed by atoms with Gasteiger partial charge < -0.3 is 9.47 Å². The zero-order valence-electron chi connectivity index (χ0n) is 15.1. The van der Waals surface area contributed by atoms with Gasteiger partial charge in [0.25, 0.3) is 0 Å². The number of hydrogen-bond acceptors (Lipinski definition) is 3. The standard InChI is InChI=1S/C18H23F3O3Si/c1-6-11-8-13(25(3,4)5)9-12-10-14(17(22)23-7-2)16(18(19,20)21)24-15(11)12/h8-10,16H,6-7H2,1-5H3. The molecule has 1 aromatic rings. The van der Waals surface area contributed by atoms with E-state index < -0.39 is 31.9 Å². The van der Waals surface area contributed by atoms with Crippen LogP contribution in [-0.4, -0.2) is 32.9 Å². The quantitative estimate of drug-likeness (QED) is 0.591. The summed E-state index contributed by atoms with van der Waals surface area (Å²) in [5.41, 5.74) is 0.736. The van der Waals surface area contributed by atoms with Gasteiger partial charge in [-0.2, -0.15) is 13.2 Å². The van der Waals surface area contributed by atoms with E-state index in [1.165, 1.54) is 6.08 Å². The van der Waals surface area contributed by atoms with E-state index in [0.29, 0.717) is 12.0 Å². The summed E-state index contributed by atoms with van der Waals surface area (Å²) in [7, 11) is -1.68. The molecule has 1 heterocycles. The molecule has 0 saturated heterocycles. The number of fused-ring (bicyclic) bond motifs is 1. The molecule has 0 amide bonds. The van der Waals surface area contributed by atoms with E-state index in [1.807, 2.05) is 19.1 Å². The summed E-state index contributed by atoms with van der Waals surface area (Å²) >= 11 is 0.